The number of hydrogen-bond donors (Lipinski definition) is 1. The Kier molecular flexibility index (Phi) is 4.93. The summed E-state index contributed by atoms with van der Waals surface area (Å²) in [6, 6.07) is 0.580. The minimum absolute atomic E-state index is 0.291. The third-order valence-electron chi connectivity index (χ3n) is 4.12. The van der Waals surface area contributed by atoms with Gasteiger partial charge in [0.05, 0.1) is 6.54 Å². The fourth-order valence-electron chi connectivity index (χ4n) is 2.98. The standard InChI is InChI=1S/C14H26N4O/c1-4-18(12-7-5-6-11(12)8-15)9-13-16-14(10(2)3)19-17-13/h10-12H,4-9,15H2,1-3H3. The molecule has 5 heteroatoms. The van der Waals surface area contributed by atoms with Crippen molar-refractivity contribution >= 4 is 0 Å². The van der Waals surface area contributed by atoms with Crippen LogP contribution in [0.25, 0.3) is 0 Å². The van der Waals surface area contributed by atoms with Crippen LogP contribution in [0, 0.1) is 5.92 Å². The average molecular weight is 266 g/mol. The first-order valence-electron chi connectivity index (χ1n) is 7.42. The molecule has 1 aliphatic rings. The van der Waals surface area contributed by atoms with Gasteiger partial charge in [0.2, 0.25) is 5.89 Å². The molecule has 1 saturated carbocycles. The molecule has 108 valence electrons. The van der Waals surface area contributed by atoms with Crippen molar-refractivity contribution in [3.05, 3.63) is 11.7 Å². The third kappa shape index (κ3) is 3.34. The number of aromatic nitrogens is 2. The molecule has 2 rings (SSSR count). The van der Waals surface area contributed by atoms with Crippen LogP contribution in [0.15, 0.2) is 4.52 Å². The van der Waals surface area contributed by atoms with E-state index in [1.54, 1.807) is 0 Å². The van der Waals surface area contributed by atoms with Crippen molar-refractivity contribution in [3.8, 4) is 0 Å². The van der Waals surface area contributed by atoms with Crippen molar-refractivity contribution in [1.29, 1.82) is 0 Å². The van der Waals surface area contributed by atoms with Gasteiger partial charge in [0, 0.05) is 12.0 Å². The highest BCUT2D eigenvalue weighted by atomic mass is 16.5. The van der Waals surface area contributed by atoms with Gasteiger partial charge in [0.1, 0.15) is 0 Å². The van der Waals surface area contributed by atoms with Gasteiger partial charge >= 0.3 is 0 Å². The highest BCUT2D eigenvalue weighted by molar-refractivity contribution is 4.93. The van der Waals surface area contributed by atoms with Gasteiger partial charge in [0.25, 0.3) is 0 Å². The lowest BCUT2D eigenvalue weighted by atomic mass is 10.0. The summed E-state index contributed by atoms with van der Waals surface area (Å²) < 4.78 is 5.27. The molecule has 2 N–H and O–H groups in total. The van der Waals surface area contributed by atoms with E-state index in [1.165, 1.54) is 19.3 Å². The topological polar surface area (TPSA) is 68.2 Å². The molecule has 0 radical (unpaired) electrons. The van der Waals surface area contributed by atoms with Crippen LogP contribution in [0.3, 0.4) is 0 Å². The van der Waals surface area contributed by atoms with Gasteiger partial charge in [-0.2, -0.15) is 4.98 Å². The summed E-state index contributed by atoms with van der Waals surface area (Å²) in [5.74, 6) is 2.44. The Labute approximate surface area is 115 Å². The second-order valence-electron chi connectivity index (χ2n) is 5.76. The van der Waals surface area contributed by atoms with Crippen molar-refractivity contribution < 1.29 is 4.52 Å². The molecule has 1 aromatic heterocycles. The lowest BCUT2D eigenvalue weighted by Crippen LogP contribution is -2.40. The molecule has 0 saturated heterocycles. The Hall–Kier alpha value is -0.940. The SMILES string of the molecule is CCN(Cc1noc(C(C)C)n1)C1CCCC1CN. The molecular formula is C14H26N4O. The van der Waals surface area contributed by atoms with E-state index in [0.29, 0.717) is 17.9 Å². The van der Waals surface area contributed by atoms with Gasteiger partial charge in [0.15, 0.2) is 5.82 Å². The Morgan fingerprint density at radius 3 is 2.79 bits per heavy atom. The molecule has 1 heterocycles. The molecule has 0 amide bonds. The minimum atomic E-state index is 0.291. The molecule has 1 aliphatic carbocycles. The van der Waals surface area contributed by atoms with Crippen LogP contribution in [-0.2, 0) is 6.54 Å². The third-order valence-corrected chi connectivity index (χ3v) is 4.12. The number of nitrogens with two attached hydrogens (primary N) is 1. The second kappa shape index (κ2) is 6.48. The predicted molar refractivity (Wildman–Crippen MR) is 74.7 cm³/mol. The highest BCUT2D eigenvalue weighted by Gasteiger charge is 2.31. The average Bonchev–Trinajstić information content (AvgIpc) is 3.04. The van der Waals surface area contributed by atoms with Gasteiger partial charge < -0.3 is 10.3 Å². The van der Waals surface area contributed by atoms with E-state index in [0.717, 1.165) is 31.3 Å². The Balaban J connectivity index is 2.01. The minimum Gasteiger partial charge on any atom is -0.339 e. The Morgan fingerprint density at radius 2 is 2.21 bits per heavy atom. The first kappa shape index (κ1) is 14.5. The zero-order valence-corrected chi connectivity index (χ0v) is 12.3. The van der Waals surface area contributed by atoms with E-state index in [2.05, 4.69) is 35.8 Å². The number of nitrogens with zero attached hydrogens (tertiary/aromatic N) is 3. The summed E-state index contributed by atoms with van der Waals surface area (Å²) in [6.07, 6.45) is 3.78. The normalized spacial score (nSPS) is 23.7. The summed E-state index contributed by atoms with van der Waals surface area (Å²) in [5, 5.41) is 4.09. The van der Waals surface area contributed by atoms with Crippen LogP contribution in [-0.4, -0.2) is 34.2 Å². The lowest BCUT2D eigenvalue weighted by Gasteiger charge is -2.30. The molecular weight excluding hydrogens is 240 g/mol. The van der Waals surface area contributed by atoms with E-state index in [-0.39, 0.29) is 0 Å². The van der Waals surface area contributed by atoms with Gasteiger partial charge in [-0.1, -0.05) is 32.3 Å². The molecule has 5 nitrogen and oxygen atoms in total. The van der Waals surface area contributed by atoms with Gasteiger partial charge in [-0.25, -0.2) is 0 Å². The van der Waals surface area contributed by atoms with E-state index in [1.807, 2.05) is 0 Å². The van der Waals surface area contributed by atoms with Crippen molar-refractivity contribution in [1.82, 2.24) is 15.0 Å². The maximum Gasteiger partial charge on any atom is 0.229 e. The lowest BCUT2D eigenvalue weighted by molar-refractivity contribution is 0.156. The predicted octanol–water partition coefficient (Wildman–Crippen LogP) is 2.14. The van der Waals surface area contributed by atoms with Gasteiger partial charge in [-0.15, -0.1) is 0 Å². The van der Waals surface area contributed by atoms with Crippen LogP contribution in [0.1, 0.15) is 57.7 Å². The fourth-order valence-corrected chi connectivity index (χ4v) is 2.98. The van der Waals surface area contributed by atoms with Crippen LogP contribution >= 0.6 is 0 Å². The van der Waals surface area contributed by atoms with Crippen molar-refractivity contribution in [2.45, 2.75) is 58.5 Å². The quantitative estimate of drug-likeness (QED) is 0.854. The molecule has 19 heavy (non-hydrogen) atoms. The highest BCUT2D eigenvalue weighted by Crippen LogP contribution is 2.29. The van der Waals surface area contributed by atoms with E-state index in [9.17, 15) is 0 Å². The van der Waals surface area contributed by atoms with E-state index < -0.39 is 0 Å². The van der Waals surface area contributed by atoms with Gasteiger partial charge in [-0.3, -0.25) is 4.90 Å². The first-order chi connectivity index (χ1) is 9.15. The number of rotatable bonds is 6. The molecule has 2 atom stereocenters. The summed E-state index contributed by atoms with van der Waals surface area (Å²) in [7, 11) is 0. The van der Waals surface area contributed by atoms with Crippen molar-refractivity contribution in [3.63, 3.8) is 0 Å². The maximum absolute atomic E-state index is 5.88. The summed E-state index contributed by atoms with van der Waals surface area (Å²) >= 11 is 0. The maximum atomic E-state index is 5.88. The van der Waals surface area contributed by atoms with Crippen molar-refractivity contribution in [2.75, 3.05) is 13.1 Å². The van der Waals surface area contributed by atoms with Crippen LogP contribution in [0.4, 0.5) is 0 Å². The monoisotopic (exact) mass is 266 g/mol. The molecule has 2 unspecified atom stereocenters. The summed E-state index contributed by atoms with van der Waals surface area (Å²) in [5.41, 5.74) is 5.88. The molecule has 1 fully saturated rings. The smallest absolute Gasteiger partial charge is 0.229 e. The Morgan fingerprint density at radius 1 is 1.42 bits per heavy atom. The van der Waals surface area contributed by atoms with E-state index >= 15 is 0 Å². The summed E-state index contributed by atoms with van der Waals surface area (Å²) in [6.45, 7) is 8.88. The fraction of sp³-hybridized carbons (Fsp3) is 0.857. The molecule has 0 bridgehead atoms. The summed E-state index contributed by atoms with van der Waals surface area (Å²) in [4.78, 5) is 6.91. The largest absolute Gasteiger partial charge is 0.339 e. The van der Waals surface area contributed by atoms with Crippen LogP contribution in [0.5, 0.6) is 0 Å². The number of hydrogen-bond acceptors (Lipinski definition) is 5. The zero-order chi connectivity index (χ0) is 13.8. The molecule has 1 aromatic rings. The van der Waals surface area contributed by atoms with E-state index in [4.69, 9.17) is 10.3 Å². The zero-order valence-electron chi connectivity index (χ0n) is 12.3. The van der Waals surface area contributed by atoms with Crippen molar-refractivity contribution in [2.24, 2.45) is 11.7 Å². The molecule has 0 aliphatic heterocycles. The second-order valence-corrected chi connectivity index (χ2v) is 5.76. The Bertz CT molecular complexity index is 391. The molecule has 0 spiro atoms. The van der Waals surface area contributed by atoms with Crippen LogP contribution < -0.4 is 5.73 Å². The first-order valence-corrected chi connectivity index (χ1v) is 7.42. The van der Waals surface area contributed by atoms with Gasteiger partial charge in [-0.05, 0) is 31.8 Å². The molecule has 0 aromatic carbocycles. The van der Waals surface area contributed by atoms with Crippen LogP contribution in [0.2, 0.25) is 0 Å².